The zero-order valence-electron chi connectivity index (χ0n) is 16.7. The van der Waals surface area contributed by atoms with E-state index in [1.54, 1.807) is 36.4 Å². The molecule has 0 radical (unpaired) electrons. The van der Waals surface area contributed by atoms with Crippen molar-refractivity contribution >= 4 is 23.2 Å². The van der Waals surface area contributed by atoms with Crippen LogP contribution in [0.25, 0.3) is 11.5 Å². The highest BCUT2D eigenvalue weighted by molar-refractivity contribution is 5.94. The molecular formula is C21H22N4O5. The maximum atomic E-state index is 12.4. The Kier molecular flexibility index (Phi) is 6.63. The third-order valence-corrected chi connectivity index (χ3v) is 4.21. The van der Waals surface area contributed by atoms with Crippen LogP contribution >= 0.6 is 0 Å². The van der Waals surface area contributed by atoms with Crippen molar-refractivity contribution in [1.82, 2.24) is 9.78 Å². The standard InChI is InChI=1S/C21H22N4O5/c1-14(26)22-15-7-9-18(29-2)17(13-15)23-20(27)6-3-11-25-21(28)10-8-16(24-25)19-5-4-12-30-19/h4-5,7-10,12-13H,3,6,11H2,1-2H3,(H,22,26)(H,23,27). The highest BCUT2D eigenvalue weighted by atomic mass is 16.5. The molecule has 0 atom stereocenters. The average molecular weight is 410 g/mol. The van der Waals surface area contributed by atoms with Crippen molar-refractivity contribution in [2.24, 2.45) is 0 Å². The molecule has 0 aliphatic rings. The molecule has 0 aliphatic carbocycles. The second-order valence-electron chi connectivity index (χ2n) is 6.51. The van der Waals surface area contributed by atoms with Gasteiger partial charge < -0.3 is 19.8 Å². The number of ether oxygens (including phenoxy) is 1. The summed E-state index contributed by atoms with van der Waals surface area (Å²) in [5, 5.41) is 9.71. The minimum atomic E-state index is -0.254. The highest BCUT2D eigenvalue weighted by Crippen LogP contribution is 2.28. The Morgan fingerprint density at radius 1 is 1.17 bits per heavy atom. The van der Waals surface area contributed by atoms with E-state index in [0.717, 1.165) is 0 Å². The number of nitrogens with one attached hydrogen (secondary N) is 2. The molecular weight excluding hydrogens is 388 g/mol. The van der Waals surface area contributed by atoms with Gasteiger partial charge in [-0.15, -0.1) is 0 Å². The lowest BCUT2D eigenvalue weighted by molar-refractivity contribution is -0.116. The fraction of sp³-hybridized carbons (Fsp3) is 0.238. The number of hydrogen-bond donors (Lipinski definition) is 2. The first-order valence-electron chi connectivity index (χ1n) is 9.34. The van der Waals surface area contributed by atoms with Gasteiger partial charge in [-0.2, -0.15) is 5.10 Å². The number of aromatic nitrogens is 2. The van der Waals surface area contributed by atoms with Crippen LogP contribution in [-0.2, 0) is 16.1 Å². The van der Waals surface area contributed by atoms with E-state index in [2.05, 4.69) is 15.7 Å². The number of methoxy groups -OCH3 is 1. The van der Waals surface area contributed by atoms with Crippen molar-refractivity contribution in [3.05, 3.63) is 59.1 Å². The van der Waals surface area contributed by atoms with E-state index >= 15 is 0 Å². The van der Waals surface area contributed by atoms with Gasteiger partial charge in [0.15, 0.2) is 5.76 Å². The zero-order chi connectivity index (χ0) is 21.5. The predicted octanol–water partition coefficient (Wildman–Crippen LogP) is 2.89. The Hall–Kier alpha value is -3.88. The number of rotatable bonds is 8. The summed E-state index contributed by atoms with van der Waals surface area (Å²) < 4.78 is 11.9. The monoisotopic (exact) mass is 410 g/mol. The molecule has 0 aliphatic heterocycles. The van der Waals surface area contributed by atoms with Crippen LogP contribution in [0.15, 0.2) is 57.9 Å². The minimum absolute atomic E-state index is 0.173. The van der Waals surface area contributed by atoms with Gasteiger partial charge in [-0.3, -0.25) is 14.4 Å². The molecule has 0 saturated carbocycles. The van der Waals surface area contributed by atoms with Gasteiger partial charge >= 0.3 is 0 Å². The summed E-state index contributed by atoms with van der Waals surface area (Å²) in [7, 11) is 1.49. The van der Waals surface area contributed by atoms with Crippen LogP contribution in [0, 0.1) is 0 Å². The molecule has 0 bridgehead atoms. The maximum absolute atomic E-state index is 12.4. The van der Waals surface area contributed by atoms with Crippen molar-refractivity contribution < 1.29 is 18.7 Å². The topological polar surface area (TPSA) is 115 Å². The Morgan fingerprint density at radius 3 is 2.70 bits per heavy atom. The first kappa shape index (κ1) is 20.8. The zero-order valence-corrected chi connectivity index (χ0v) is 16.7. The van der Waals surface area contributed by atoms with Gasteiger partial charge in [0.2, 0.25) is 11.8 Å². The molecule has 3 rings (SSSR count). The van der Waals surface area contributed by atoms with Gasteiger partial charge in [-0.05, 0) is 42.8 Å². The lowest BCUT2D eigenvalue weighted by atomic mass is 10.2. The van der Waals surface area contributed by atoms with Crippen LogP contribution in [0.5, 0.6) is 5.75 Å². The molecule has 0 saturated heterocycles. The summed E-state index contributed by atoms with van der Waals surface area (Å²) in [5.74, 6) is 0.574. The Balaban J connectivity index is 1.61. The van der Waals surface area contributed by atoms with Crippen LogP contribution < -0.4 is 20.9 Å². The van der Waals surface area contributed by atoms with Crippen LogP contribution in [-0.4, -0.2) is 28.7 Å². The second kappa shape index (κ2) is 9.55. The van der Waals surface area contributed by atoms with Gasteiger partial charge in [0.05, 0.1) is 19.1 Å². The summed E-state index contributed by atoms with van der Waals surface area (Å²) in [5.41, 5.74) is 1.28. The molecule has 0 unspecified atom stereocenters. The summed E-state index contributed by atoms with van der Waals surface area (Å²) in [6, 6.07) is 11.5. The Bertz CT molecular complexity index is 1090. The van der Waals surface area contributed by atoms with Crippen molar-refractivity contribution in [1.29, 1.82) is 0 Å². The van der Waals surface area contributed by atoms with Gasteiger partial charge in [0.1, 0.15) is 11.4 Å². The van der Waals surface area contributed by atoms with Gasteiger partial charge in [0.25, 0.3) is 5.56 Å². The van der Waals surface area contributed by atoms with Crippen molar-refractivity contribution in [2.75, 3.05) is 17.7 Å². The number of benzene rings is 1. The molecule has 0 spiro atoms. The van der Waals surface area contributed by atoms with Crippen molar-refractivity contribution in [3.8, 4) is 17.2 Å². The van der Waals surface area contributed by atoms with Crippen LogP contribution in [0.4, 0.5) is 11.4 Å². The van der Waals surface area contributed by atoms with Crippen LogP contribution in [0.3, 0.4) is 0 Å². The lowest BCUT2D eigenvalue weighted by Crippen LogP contribution is -2.23. The largest absolute Gasteiger partial charge is 0.495 e. The summed E-state index contributed by atoms with van der Waals surface area (Å²) in [6.45, 7) is 1.68. The quantitative estimate of drug-likeness (QED) is 0.590. The summed E-state index contributed by atoms with van der Waals surface area (Å²) in [6.07, 6.45) is 2.12. The Labute approximate surface area is 172 Å². The highest BCUT2D eigenvalue weighted by Gasteiger charge is 2.11. The second-order valence-corrected chi connectivity index (χ2v) is 6.51. The first-order valence-corrected chi connectivity index (χ1v) is 9.34. The van der Waals surface area contributed by atoms with E-state index in [1.807, 2.05) is 0 Å². The average Bonchev–Trinajstić information content (AvgIpc) is 3.24. The van der Waals surface area contributed by atoms with E-state index in [0.29, 0.717) is 35.0 Å². The van der Waals surface area contributed by atoms with Gasteiger partial charge in [-0.1, -0.05) is 0 Å². The molecule has 2 N–H and O–H groups in total. The molecule has 2 amide bonds. The number of carbonyl (C=O) groups excluding carboxylic acids is 2. The number of anilines is 2. The van der Waals surface area contributed by atoms with Crippen molar-refractivity contribution in [2.45, 2.75) is 26.3 Å². The predicted molar refractivity (Wildman–Crippen MR) is 111 cm³/mol. The van der Waals surface area contributed by atoms with E-state index in [1.165, 1.54) is 31.0 Å². The van der Waals surface area contributed by atoms with E-state index in [4.69, 9.17) is 9.15 Å². The van der Waals surface area contributed by atoms with Crippen molar-refractivity contribution in [3.63, 3.8) is 0 Å². The normalized spacial score (nSPS) is 10.5. The van der Waals surface area contributed by atoms with Crippen LogP contribution in [0.1, 0.15) is 19.8 Å². The number of furan rings is 1. The summed E-state index contributed by atoms with van der Waals surface area (Å²) >= 11 is 0. The number of carbonyl (C=O) groups is 2. The SMILES string of the molecule is COc1ccc(NC(C)=O)cc1NC(=O)CCCn1nc(-c2ccco2)ccc1=O. The molecule has 9 nitrogen and oxygen atoms in total. The molecule has 30 heavy (non-hydrogen) atoms. The lowest BCUT2D eigenvalue weighted by Gasteiger charge is -2.12. The third kappa shape index (κ3) is 5.34. The molecule has 3 aromatic rings. The first-order chi connectivity index (χ1) is 14.5. The van der Waals surface area contributed by atoms with E-state index in [-0.39, 0.29) is 30.3 Å². The third-order valence-electron chi connectivity index (χ3n) is 4.21. The number of hydrogen-bond acceptors (Lipinski definition) is 6. The van der Waals surface area contributed by atoms with E-state index < -0.39 is 0 Å². The van der Waals surface area contributed by atoms with E-state index in [9.17, 15) is 14.4 Å². The molecule has 9 heteroatoms. The molecule has 156 valence electrons. The molecule has 2 aromatic heterocycles. The number of aryl methyl sites for hydroxylation is 1. The molecule has 1 aromatic carbocycles. The number of nitrogens with zero attached hydrogens (tertiary/aromatic N) is 2. The number of amides is 2. The fourth-order valence-electron chi connectivity index (χ4n) is 2.85. The van der Waals surface area contributed by atoms with Crippen LogP contribution in [0.2, 0.25) is 0 Å². The van der Waals surface area contributed by atoms with Gasteiger partial charge in [0, 0.05) is 31.6 Å². The minimum Gasteiger partial charge on any atom is -0.495 e. The summed E-state index contributed by atoms with van der Waals surface area (Å²) in [4.78, 5) is 35.6. The molecule has 2 heterocycles. The smallest absolute Gasteiger partial charge is 0.266 e. The van der Waals surface area contributed by atoms with Gasteiger partial charge in [-0.25, -0.2) is 4.68 Å². The Morgan fingerprint density at radius 2 is 2.00 bits per heavy atom. The maximum Gasteiger partial charge on any atom is 0.266 e. The molecule has 0 fully saturated rings. The fourth-order valence-corrected chi connectivity index (χ4v) is 2.85.